The van der Waals surface area contributed by atoms with Crippen molar-refractivity contribution < 1.29 is 9.59 Å². The molecule has 0 spiro atoms. The van der Waals surface area contributed by atoms with Crippen molar-refractivity contribution in [2.45, 2.75) is 83.7 Å². The van der Waals surface area contributed by atoms with Crippen LogP contribution in [0.15, 0.2) is 0 Å². The minimum atomic E-state index is -0.0424. The van der Waals surface area contributed by atoms with E-state index in [9.17, 15) is 9.59 Å². The van der Waals surface area contributed by atoms with E-state index in [2.05, 4.69) is 22.7 Å². The molecule has 0 bridgehead atoms. The average molecular weight is 390 g/mol. The zero-order valence-electron chi connectivity index (χ0n) is 17.6. The molecule has 3 amide bonds. The minimum absolute atomic E-state index is 0.0424. The van der Waals surface area contributed by atoms with Crippen molar-refractivity contribution in [3.05, 3.63) is 17.0 Å². The lowest BCUT2D eigenvalue weighted by Gasteiger charge is -2.33. The molecule has 28 heavy (non-hydrogen) atoms. The molecule has 7 nitrogen and oxygen atoms in total. The van der Waals surface area contributed by atoms with Crippen LogP contribution in [-0.4, -0.2) is 51.8 Å². The average Bonchev–Trinajstić information content (AvgIpc) is 2.92. The van der Waals surface area contributed by atoms with Crippen molar-refractivity contribution in [1.82, 2.24) is 25.3 Å². The predicted octanol–water partition coefficient (Wildman–Crippen LogP) is 2.59. The van der Waals surface area contributed by atoms with Crippen molar-refractivity contribution in [1.29, 1.82) is 0 Å². The van der Waals surface area contributed by atoms with Gasteiger partial charge in [0.25, 0.3) is 0 Å². The van der Waals surface area contributed by atoms with Crippen LogP contribution in [0, 0.1) is 13.8 Å². The first-order valence-electron chi connectivity index (χ1n) is 10.8. The van der Waals surface area contributed by atoms with Crippen molar-refractivity contribution >= 4 is 11.9 Å². The lowest BCUT2D eigenvalue weighted by molar-refractivity contribution is -0.132. The summed E-state index contributed by atoms with van der Waals surface area (Å²) >= 11 is 0. The summed E-state index contributed by atoms with van der Waals surface area (Å²) in [5.41, 5.74) is 3.34. The van der Waals surface area contributed by atoms with Crippen molar-refractivity contribution in [2.24, 2.45) is 7.05 Å². The highest BCUT2D eigenvalue weighted by Crippen LogP contribution is 2.18. The Labute approximate surface area is 168 Å². The zero-order valence-corrected chi connectivity index (χ0v) is 17.6. The number of rotatable bonds is 5. The van der Waals surface area contributed by atoms with Gasteiger partial charge in [0.15, 0.2) is 0 Å². The summed E-state index contributed by atoms with van der Waals surface area (Å²) in [6.07, 6.45) is 8.81. The molecule has 2 fully saturated rings. The Balaban J connectivity index is 1.38. The second kappa shape index (κ2) is 9.43. The molecular weight excluding hydrogens is 354 g/mol. The lowest BCUT2D eigenvalue weighted by Crippen LogP contribution is -2.51. The van der Waals surface area contributed by atoms with Gasteiger partial charge in [-0.2, -0.15) is 5.10 Å². The highest BCUT2D eigenvalue weighted by molar-refractivity contribution is 5.77. The smallest absolute Gasteiger partial charge is 0.315 e. The van der Waals surface area contributed by atoms with E-state index in [0.29, 0.717) is 12.5 Å². The maximum atomic E-state index is 12.6. The molecule has 1 saturated carbocycles. The Morgan fingerprint density at radius 2 is 1.61 bits per heavy atom. The van der Waals surface area contributed by atoms with Crippen LogP contribution in [0.2, 0.25) is 0 Å². The number of hydrogen-bond donors (Lipinski definition) is 2. The van der Waals surface area contributed by atoms with Crippen LogP contribution in [0.4, 0.5) is 4.79 Å². The SMILES string of the molecule is Cc1nn(C)c(C)c1CCC(=O)N1CCC(NC(=O)NC2CCCCC2)CC1. The first-order valence-corrected chi connectivity index (χ1v) is 10.8. The summed E-state index contributed by atoms with van der Waals surface area (Å²) in [6, 6.07) is 0.449. The van der Waals surface area contributed by atoms with Crippen LogP contribution in [0.3, 0.4) is 0 Å². The van der Waals surface area contributed by atoms with E-state index in [-0.39, 0.29) is 18.0 Å². The van der Waals surface area contributed by atoms with Gasteiger partial charge in [0.1, 0.15) is 0 Å². The number of aromatic nitrogens is 2. The van der Waals surface area contributed by atoms with E-state index in [1.807, 2.05) is 23.6 Å². The molecule has 1 aromatic heterocycles. The minimum Gasteiger partial charge on any atom is -0.343 e. The maximum Gasteiger partial charge on any atom is 0.315 e. The van der Waals surface area contributed by atoms with E-state index in [1.54, 1.807) is 0 Å². The first kappa shape index (κ1) is 20.7. The Hall–Kier alpha value is -2.05. The first-order chi connectivity index (χ1) is 13.4. The monoisotopic (exact) mass is 389 g/mol. The quantitative estimate of drug-likeness (QED) is 0.812. The molecule has 0 atom stereocenters. The number of likely N-dealkylation sites (tertiary alicyclic amines) is 1. The third-order valence-electron chi connectivity index (χ3n) is 6.37. The molecule has 1 aromatic rings. The normalized spacial score (nSPS) is 18.9. The highest BCUT2D eigenvalue weighted by Gasteiger charge is 2.25. The van der Waals surface area contributed by atoms with Gasteiger partial charge in [-0.25, -0.2) is 4.79 Å². The molecular formula is C21H35N5O2. The second-order valence-corrected chi connectivity index (χ2v) is 8.38. The number of piperidine rings is 1. The third kappa shape index (κ3) is 5.26. The Morgan fingerprint density at radius 1 is 1.00 bits per heavy atom. The topological polar surface area (TPSA) is 79.3 Å². The molecule has 2 heterocycles. The van der Waals surface area contributed by atoms with Gasteiger partial charge in [0, 0.05) is 44.3 Å². The molecule has 1 saturated heterocycles. The number of amides is 3. The molecule has 1 aliphatic carbocycles. The molecule has 156 valence electrons. The van der Waals surface area contributed by atoms with Crippen LogP contribution < -0.4 is 10.6 Å². The van der Waals surface area contributed by atoms with Crippen LogP contribution in [0.25, 0.3) is 0 Å². The Bertz CT molecular complexity index is 685. The fraction of sp³-hybridized carbons (Fsp3) is 0.762. The number of nitrogens with one attached hydrogen (secondary N) is 2. The highest BCUT2D eigenvalue weighted by atomic mass is 16.2. The van der Waals surface area contributed by atoms with Gasteiger partial charge in [-0.3, -0.25) is 9.48 Å². The molecule has 7 heteroatoms. The molecule has 2 N–H and O–H groups in total. The van der Waals surface area contributed by atoms with Gasteiger partial charge in [-0.15, -0.1) is 0 Å². The van der Waals surface area contributed by atoms with E-state index < -0.39 is 0 Å². The van der Waals surface area contributed by atoms with Crippen molar-refractivity contribution in [2.75, 3.05) is 13.1 Å². The number of carbonyl (C=O) groups is 2. The largest absolute Gasteiger partial charge is 0.343 e. The summed E-state index contributed by atoms with van der Waals surface area (Å²) in [4.78, 5) is 26.7. The van der Waals surface area contributed by atoms with E-state index >= 15 is 0 Å². The Morgan fingerprint density at radius 3 is 2.18 bits per heavy atom. The maximum absolute atomic E-state index is 12.6. The van der Waals surface area contributed by atoms with Crippen LogP contribution in [-0.2, 0) is 18.3 Å². The number of hydrogen-bond acceptors (Lipinski definition) is 3. The number of aryl methyl sites for hydroxylation is 2. The summed E-state index contributed by atoms with van der Waals surface area (Å²) < 4.78 is 1.88. The lowest BCUT2D eigenvalue weighted by atomic mass is 9.96. The van der Waals surface area contributed by atoms with Crippen molar-refractivity contribution in [3.63, 3.8) is 0 Å². The van der Waals surface area contributed by atoms with E-state index in [0.717, 1.165) is 56.6 Å². The van der Waals surface area contributed by atoms with Crippen LogP contribution in [0.5, 0.6) is 0 Å². The standard InChI is InChI=1S/C21H35N5O2/c1-15-19(16(2)25(3)24-15)9-10-20(27)26-13-11-18(12-14-26)23-21(28)22-17-7-5-4-6-8-17/h17-18H,4-14H2,1-3H3,(H2,22,23,28). The van der Waals surface area contributed by atoms with Crippen LogP contribution >= 0.6 is 0 Å². The summed E-state index contributed by atoms with van der Waals surface area (Å²) in [7, 11) is 1.94. The third-order valence-corrected chi connectivity index (χ3v) is 6.37. The fourth-order valence-corrected chi connectivity index (χ4v) is 4.50. The van der Waals surface area contributed by atoms with E-state index in [4.69, 9.17) is 0 Å². The second-order valence-electron chi connectivity index (χ2n) is 8.38. The molecule has 0 unspecified atom stereocenters. The van der Waals surface area contributed by atoms with Gasteiger partial charge in [-0.1, -0.05) is 19.3 Å². The van der Waals surface area contributed by atoms with E-state index in [1.165, 1.54) is 24.8 Å². The van der Waals surface area contributed by atoms with Gasteiger partial charge in [0.05, 0.1) is 5.69 Å². The molecule has 0 radical (unpaired) electrons. The van der Waals surface area contributed by atoms with Crippen molar-refractivity contribution in [3.8, 4) is 0 Å². The van der Waals surface area contributed by atoms with Gasteiger partial charge in [0.2, 0.25) is 5.91 Å². The van der Waals surface area contributed by atoms with Crippen LogP contribution in [0.1, 0.15) is 68.3 Å². The Kier molecular flexibility index (Phi) is 6.97. The zero-order chi connectivity index (χ0) is 20.1. The predicted molar refractivity (Wildman–Crippen MR) is 109 cm³/mol. The molecule has 2 aliphatic rings. The number of nitrogens with zero attached hydrogens (tertiary/aromatic N) is 3. The molecule has 3 rings (SSSR count). The fourth-order valence-electron chi connectivity index (χ4n) is 4.50. The number of carbonyl (C=O) groups excluding carboxylic acids is 2. The summed E-state index contributed by atoms with van der Waals surface area (Å²) in [5.74, 6) is 0.202. The van der Waals surface area contributed by atoms with Gasteiger partial charge in [-0.05, 0) is 51.5 Å². The van der Waals surface area contributed by atoms with Gasteiger partial charge < -0.3 is 15.5 Å². The summed E-state index contributed by atoms with van der Waals surface area (Å²) in [6.45, 7) is 5.49. The van der Waals surface area contributed by atoms with Gasteiger partial charge >= 0.3 is 6.03 Å². The number of urea groups is 1. The molecule has 0 aromatic carbocycles. The molecule has 1 aliphatic heterocycles. The summed E-state index contributed by atoms with van der Waals surface area (Å²) in [5, 5.41) is 10.6.